The monoisotopic (exact) mass is 297 g/mol. The first kappa shape index (κ1) is 16.3. The third kappa shape index (κ3) is 3.96. The van der Waals surface area contributed by atoms with Crippen LogP contribution in [0.2, 0.25) is 0 Å². The standard InChI is InChI=1S/C16H27NO4/c1-3-20-15(18)11-17-10-9-13(16(19)21-4-2)12-7-5-6-8-14(12)17/h12-14H,3-11H2,1-2H3. The molecule has 2 fully saturated rings. The molecular weight excluding hydrogens is 270 g/mol. The average molecular weight is 297 g/mol. The summed E-state index contributed by atoms with van der Waals surface area (Å²) in [4.78, 5) is 26.1. The lowest BCUT2D eigenvalue weighted by Crippen LogP contribution is -2.53. The van der Waals surface area contributed by atoms with Gasteiger partial charge in [0, 0.05) is 6.04 Å². The van der Waals surface area contributed by atoms with Crippen LogP contribution in [0.3, 0.4) is 0 Å². The predicted molar refractivity (Wildman–Crippen MR) is 78.7 cm³/mol. The number of hydrogen-bond donors (Lipinski definition) is 0. The number of rotatable bonds is 5. The molecule has 21 heavy (non-hydrogen) atoms. The molecule has 3 atom stereocenters. The third-order valence-corrected chi connectivity index (χ3v) is 4.72. The van der Waals surface area contributed by atoms with Gasteiger partial charge in [0.05, 0.1) is 25.7 Å². The van der Waals surface area contributed by atoms with Crippen molar-refractivity contribution < 1.29 is 19.1 Å². The SMILES string of the molecule is CCOC(=O)CN1CCC(C(=O)OCC)C2CCCCC21. The number of fused-ring (bicyclic) bond motifs is 1. The number of carbonyl (C=O) groups excluding carboxylic acids is 2. The molecule has 0 aromatic carbocycles. The Kier molecular flexibility index (Phi) is 6.03. The van der Waals surface area contributed by atoms with Crippen LogP contribution in [0.15, 0.2) is 0 Å². The van der Waals surface area contributed by atoms with Gasteiger partial charge < -0.3 is 9.47 Å². The zero-order valence-corrected chi connectivity index (χ0v) is 13.2. The summed E-state index contributed by atoms with van der Waals surface area (Å²) in [5, 5.41) is 0. The van der Waals surface area contributed by atoms with Crippen molar-refractivity contribution in [2.45, 2.75) is 52.0 Å². The molecule has 2 rings (SSSR count). The summed E-state index contributed by atoms with van der Waals surface area (Å²) in [6.07, 6.45) is 5.27. The second kappa shape index (κ2) is 7.78. The number of esters is 2. The van der Waals surface area contributed by atoms with Gasteiger partial charge in [0.15, 0.2) is 0 Å². The van der Waals surface area contributed by atoms with Crippen LogP contribution >= 0.6 is 0 Å². The summed E-state index contributed by atoms with van der Waals surface area (Å²) in [7, 11) is 0. The van der Waals surface area contributed by atoms with Crippen LogP contribution in [0.1, 0.15) is 46.0 Å². The molecule has 3 unspecified atom stereocenters. The highest BCUT2D eigenvalue weighted by molar-refractivity contribution is 5.74. The Morgan fingerprint density at radius 1 is 1.05 bits per heavy atom. The first-order chi connectivity index (χ1) is 10.2. The van der Waals surface area contributed by atoms with Crippen molar-refractivity contribution >= 4 is 11.9 Å². The molecule has 120 valence electrons. The minimum absolute atomic E-state index is 0.00805. The van der Waals surface area contributed by atoms with Crippen LogP contribution in [0.5, 0.6) is 0 Å². The zero-order valence-electron chi connectivity index (χ0n) is 13.2. The van der Waals surface area contributed by atoms with E-state index in [9.17, 15) is 9.59 Å². The third-order valence-electron chi connectivity index (χ3n) is 4.72. The minimum Gasteiger partial charge on any atom is -0.466 e. The van der Waals surface area contributed by atoms with E-state index in [0.29, 0.717) is 31.7 Å². The van der Waals surface area contributed by atoms with E-state index in [4.69, 9.17) is 9.47 Å². The van der Waals surface area contributed by atoms with E-state index in [0.717, 1.165) is 25.8 Å². The zero-order chi connectivity index (χ0) is 15.2. The highest BCUT2D eigenvalue weighted by Gasteiger charge is 2.43. The van der Waals surface area contributed by atoms with Crippen molar-refractivity contribution in [3.63, 3.8) is 0 Å². The van der Waals surface area contributed by atoms with Gasteiger partial charge in [-0.1, -0.05) is 12.8 Å². The molecule has 1 heterocycles. The lowest BCUT2D eigenvalue weighted by Gasteiger charge is -2.46. The van der Waals surface area contributed by atoms with Crippen molar-refractivity contribution in [1.29, 1.82) is 0 Å². The second-order valence-electron chi connectivity index (χ2n) is 5.94. The number of nitrogens with zero attached hydrogens (tertiary/aromatic N) is 1. The summed E-state index contributed by atoms with van der Waals surface area (Å²) >= 11 is 0. The molecule has 5 nitrogen and oxygen atoms in total. The molecule has 1 saturated carbocycles. The summed E-state index contributed by atoms with van der Waals surface area (Å²) < 4.78 is 10.3. The lowest BCUT2D eigenvalue weighted by atomic mass is 9.72. The maximum Gasteiger partial charge on any atom is 0.320 e. The Labute approximate surface area is 127 Å². The minimum atomic E-state index is -0.156. The van der Waals surface area contributed by atoms with Crippen molar-refractivity contribution in [3.8, 4) is 0 Å². The van der Waals surface area contributed by atoms with Crippen LogP contribution in [0, 0.1) is 11.8 Å². The quantitative estimate of drug-likeness (QED) is 0.726. The van der Waals surface area contributed by atoms with Crippen LogP contribution in [0.25, 0.3) is 0 Å². The molecule has 0 spiro atoms. The predicted octanol–water partition coefficient (Wildman–Crippen LogP) is 1.99. The van der Waals surface area contributed by atoms with E-state index in [-0.39, 0.29) is 17.9 Å². The first-order valence-electron chi connectivity index (χ1n) is 8.23. The Morgan fingerprint density at radius 3 is 2.48 bits per heavy atom. The van der Waals surface area contributed by atoms with Gasteiger partial charge in [-0.25, -0.2) is 0 Å². The number of piperidine rings is 1. The molecule has 2 aliphatic rings. The normalized spacial score (nSPS) is 29.5. The fourth-order valence-corrected chi connectivity index (χ4v) is 3.86. The van der Waals surface area contributed by atoms with Gasteiger partial charge in [-0.2, -0.15) is 0 Å². The maximum absolute atomic E-state index is 12.2. The Bertz CT molecular complexity index is 371. The van der Waals surface area contributed by atoms with Gasteiger partial charge in [0.25, 0.3) is 0 Å². The number of likely N-dealkylation sites (tertiary alicyclic amines) is 1. The average Bonchev–Trinajstić information content (AvgIpc) is 2.48. The molecule has 0 N–H and O–H groups in total. The van der Waals surface area contributed by atoms with Crippen LogP contribution < -0.4 is 0 Å². The topological polar surface area (TPSA) is 55.8 Å². The molecule has 0 aromatic rings. The summed E-state index contributed by atoms with van der Waals surface area (Å²) in [5.41, 5.74) is 0. The van der Waals surface area contributed by atoms with Crippen LogP contribution in [-0.2, 0) is 19.1 Å². The summed E-state index contributed by atoms with van der Waals surface area (Å²) in [6, 6.07) is 0.325. The molecule has 1 saturated heterocycles. The van der Waals surface area contributed by atoms with Gasteiger partial charge in [0.2, 0.25) is 0 Å². The van der Waals surface area contributed by atoms with Gasteiger partial charge in [0.1, 0.15) is 0 Å². The number of carbonyl (C=O) groups is 2. The second-order valence-corrected chi connectivity index (χ2v) is 5.94. The van der Waals surface area contributed by atoms with E-state index in [1.54, 1.807) is 0 Å². The molecular formula is C16H27NO4. The molecule has 0 bridgehead atoms. The highest BCUT2D eigenvalue weighted by atomic mass is 16.5. The van der Waals surface area contributed by atoms with Crippen molar-refractivity contribution in [2.24, 2.45) is 11.8 Å². The van der Waals surface area contributed by atoms with Gasteiger partial charge in [-0.05, 0) is 45.6 Å². The molecule has 0 radical (unpaired) electrons. The van der Waals surface area contributed by atoms with Gasteiger partial charge in [-0.15, -0.1) is 0 Å². The molecule has 0 aromatic heterocycles. The summed E-state index contributed by atoms with van der Waals surface area (Å²) in [5.74, 6) is 0.135. The van der Waals surface area contributed by atoms with Crippen molar-refractivity contribution in [3.05, 3.63) is 0 Å². The van der Waals surface area contributed by atoms with E-state index >= 15 is 0 Å². The van der Waals surface area contributed by atoms with Gasteiger partial charge in [-0.3, -0.25) is 14.5 Å². The maximum atomic E-state index is 12.2. The number of hydrogen-bond acceptors (Lipinski definition) is 5. The Morgan fingerprint density at radius 2 is 1.76 bits per heavy atom. The molecule has 0 amide bonds. The largest absolute Gasteiger partial charge is 0.466 e. The van der Waals surface area contributed by atoms with Crippen molar-refractivity contribution in [1.82, 2.24) is 4.90 Å². The van der Waals surface area contributed by atoms with Gasteiger partial charge >= 0.3 is 11.9 Å². The van der Waals surface area contributed by atoms with Crippen LogP contribution in [-0.4, -0.2) is 49.2 Å². The molecule has 1 aliphatic heterocycles. The fraction of sp³-hybridized carbons (Fsp3) is 0.875. The highest BCUT2D eigenvalue weighted by Crippen LogP contribution is 2.39. The van der Waals surface area contributed by atoms with Crippen molar-refractivity contribution in [2.75, 3.05) is 26.3 Å². The fourth-order valence-electron chi connectivity index (χ4n) is 3.86. The molecule has 5 heteroatoms. The lowest BCUT2D eigenvalue weighted by molar-refractivity contribution is -0.156. The Hall–Kier alpha value is -1.10. The molecule has 1 aliphatic carbocycles. The van der Waals surface area contributed by atoms with E-state index in [1.807, 2.05) is 13.8 Å². The van der Waals surface area contributed by atoms with E-state index in [1.165, 1.54) is 12.8 Å². The summed E-state index contributed by atoms with van der Waals surface area (Å²) in [6.45, 7) is 5.68. The Balaban J connectivity index is 2.02. The first-order valence-corrected chi connectivity index (χ1v) is 8.23. The van der Waals surface area contributed by atoms with E-state index < -0.39 is 0 Å². The number of ether oxygens (including phenoxy) is 2. The van der Waals surface area contributed by atoms with Crippen LogP contribution in [0.4, 0.5) is 0 Å². The smallest absolute Gasteiger partial charge is 0.320 e. The van der Waals surface area contributed by atoms with E-state index in [2.05, 4.69) is 4.90 Å².